The number of benzene rings is 1. The normalized spacial score (nSPS) is 27.6. The lowest BCUT2D eigenvalue weighted by Gasteiger charge is -2.61. The van der Waals surface area contributed by atoms with E-state index in [1.807, 2.05) is 35.3 Å². The first-order valence-corrected chi connectivity index (χ1v) is 14.1. The predicted molar refractivity (Wildman–Crippen MR) is 147 cm³/mol. The van der Waals surface area contributed by atoms with Gasteiger partial charge in [0.1, 0.15) is 4.47 Å². The van der Waals surface area contributed by atoms with Crippen LogP contribution in [-0.4, -0.2) is 30.4 Å². The Kier molecular flexibility index (Phi) is 6.01. The summed E-state index contributed by atoms with van der Waals surface area (Å²) in [5.41, 5.74) is 4.63. The molecule has 1 N–H and O–H groups in total. The van der Waals surface area contributed by atoms with Crippen molar-refractivity contribution in [2.24, 2.45) is 17.3 Å². The van der Waals surface area contributed by atoms with Crippen molar-refractivity contribution in [3.63, 3.8) is 0 Å². The summed E-state index contributed by atoms with van der Waals surface area (Å²) in [6.45, 7) is 6.72. The third kappa shape index (κ3) is 4.26. The Morgan fingerprint density at radius 3 is 2.53 bits per heavy atom. The second kappa shape index (κ2) is 9.03. The van der Waals surface area contributed by atoms with Crippen LogP contribution in [0.2, 0.25) is 0 Å². The maximum atomic E-state index is 13.5. The molecule has 4 aliphatic carbocycles. The highest BCUT2D eigenvalue weighted by atomic mass is 79.9. The number of anilines is 1. The van der Waals surface area contributed by atoms with Gasteiger partial charge < -0.3 is 15.4 Å². The topological polar surface area (TPSA) is 108 Å². The number of aromatic nitrogens is 4. The van der Waals surface area contributed by atoms with Gasteiger partial charge in [0.15, 0.2) is 0 Å². The molecular weight excluding hydrogens is 548 g/mol. The van der Waals surface area contributed by atoms with Gasteiger partial charge in [0, 0.05) is 6.42 Å². The number of nitrogens with one attached hydrogen (secondary N) is 1. The molecule has 4 aliphatic rings. The van der Waals surface area contributed by atoms with Gasteiger partial charge in [0.2, 0.25) is 5.91 Å². The van der Waals surface area contributed by atoms with E-state index in [4.69, 9.17) is 5.10 Å². The first-order chi connectivity index (χ1) is 18.1. The van der Waals surface area contributed by atoms with E-state index in [0.29, 0.717) is 29.3 Å². The van der Waals surface area contributed by atoms with E-state index < -0.39 is 4.92 Å². The van der Waals surface area contributed by atoms with Crippen LogP contribution in [0, 0.1) is 48.1 Å². The summed E-state index contributed by atoms with van der Waals surface area (Å²) >= 11 is 3.33. The van der Waals surface area contributed by atoms with Crippen molar-refractivity contribution in [2.75, 3.05) is 5.32 Å². The van der Waals surface area contributed by atoms with Crippen LogP contribution in [0.5, 0.6) is 0 Å². The minimum atomic E-state index is -0.436. The Morgan fingerprint density at radius 1 is 1.16 bits per heavy atom. The van der Waals surface area contributed by atoms with E-state index in [1.54, 1.807) is 6.20 Å². The first kappa shape index (κ1) is 25.3. The molecule has 7 rings (SSSR count). The largest absolute Gasteiger partial charge is 0.404 e. The highest BCUT2D eigenvalue weighted by Crippen LogP contribution is 2.65. The number of nitrogens with zero attached hydrogens (tertiary/aromatic N) is 5. The lowest BCUT2D eigenvalue weighted by atomic mass is 9.46. The smallest absolute Gasteiger partial charge is 0.358 e. The van der Waals surface area contributed by atoms with Gasteiger partial charge in [-0.1, -0.05) is 24.3 Å². The number of hydrogen-bond donors (Lipinski definition) is 1. The average Bonchev–Trinajstić information content (AvgIpc) is 3.35. The number of halogens is 1. The van der Waals surface area contributed by atoms with E-state index in [-0.39, 0.29) is 22.7 Å². The summed E-state index contributed by atoms with van der Waals surface area (Å²) in [6.07, 6.45) is 8.25. The SMILES string of the molecule is Cc1ccccc1Cn1nc(C)c(NC(=O)CC23CC4CC(C2)CC(n2cc(Br)c([N+](=O)[O-])n2)(C4)C3)c1C. The maximum absolute atomic E-state index is 13.5. The summed E-state index contributed by atoms with van der Waals surface area (Å²) in [4.78, 5) is 24.6. The highest BCUT2D eigenvalue weighted by Gasteiger charge is 2.60. The second-order valence-corrected chi connectivity index (χ2v) is 12.9. The van der Waals surface area contributed by atoms with Crippen molar-refractivity contribution in [2.45, 2.75) is 77.8 Å². The summed E-state index contributed by atoms with van der Waals surface area (Å²) < 4.78 is 4.23. The molecular formula is C28H33BrN6O3. The minimum absolute atomic E-state index is 0.0244. The Hall–Kier alpha value is -3.01. The molecule has 38 heavy (non-hydrogen) atoms. The Bertz CT molecular complexity index is 1430. The quantitative estimate of drug-likeness (QED) is 0.270. The molecule has 2 aromatic heterocycles. The zero-order valence-corrected chi connectivity index (χ0v) is 23.6. The second-order valence-electron chi connectivity index (χ2n) is 12.0. The number of rotatable bonds is 7. The van der Waals surface area contributed by atoms with Crippen LogP contribution in [0.3, 0.4) is 0 Å². The van der Waals surface area contributed by atoms with Crippen LogP contribution >= 0.6 is 15.9 Å². The zero-order valence-electron chi connectivity index (χ0n) is 22.0. The minimum Gasteiger partial charge on any atom is -0.358 e. The van der Waals surface area contributed by atoms with E-state index in [2.05, 4.69) is 45.4 Å². The Morgan fingerprint density at radius 2 is 1.87 bits per heavy atom. The zero-order chi connectivity index (χ0) is 26.8. The highest BCUT2D eigenvalue weighted by molar-refractivity contribution is 9.10. The van der Waals surface area contributed by atoms with Gasteiger partial charge >= 0.3 is 5.82 Å². The van der Waals surface area contributed by atoms with E-state index >= 15 is 0 Å². The van der Waals surface area contributed by atoms with Crippen molar-refractivity contribution < 1.29 is 9.72 Å². The van der Waals surface area contributed by atoms with Crippen molar-refractivity contribution in [3.05, 3.63) is 67.6 Å². The Labute approximate surface area is 230 Å². The van der Waals surface area contributed by atoms with Gasteiger partial charge in [0.05, 0.1) is 40.5 Å². The summed E-state index contributed by atoms with van der Waals surface area (Å²) in [5.74, 6) is 0.926. The lowest BCUT2D eigenvalue weighted by Crippen LogP contribution is -2.57. The molecule has 4 bridgehead atoms. The number of carbonyl (C=O) groups excluding carboxylic acids is 1. The van der Waals surface area contributed by atoms with Gasteiger partial charge in [0.25, 0.3) is 0 Å². The molecule has 0 radical (unpaired) electrons. The van der Waals surface area contributed by atoms with E-state index in [9.17, 15) is 14.9 Å². The summed E-state index contributed by atoms with van der Waals surface area (Å²) in [7, 11) is 0. The third-order valence-corrected chi connectivity index (χ3v) is 9.78. The number of nitro groups is 1. The molecule has 4 saturated carbocycles. The molecule has 2 unspecified atom stereocenters. The summed E-state index contributed by atoms with van der Waals surface area (Å²) in [5, 5.41) is 23.8. The predicted octanol–water partition coefficient (Wildman–Crippen LogP) is 6.05. The van der Waals surface area contributed by atoms with Crippen molar-refractivity contribution >= 4 is 33.3 Å². The van der Waals surface area contributed by atoms with E-state index in [0.717, 1.165) is 49.2 Å². The molecule has 4 fully saturated rings. The molecule has 0 aliphatic heterocycles. The molecule has 2 heterocycles. The van der Waals surface area contributed by atoms with Crippen LogP contribution in [-0.2, 0) is 16.9 Å². The van der Waals surface area contributed by atoms with Crippen LogP contribution in [0.25, 0.3) is 0 Å². The van der Waals surface area contributed by atoms with Crippen molar-refractivity contribution in [3.8, 4) is 0 Å². The lowest BCUT2D eigenvalue weighted by molar-refractivity contribution is -0.390. The van der Waals surface area contributed by atoms with Gasteiger partial charge in [-0.05, 0) is 109 Å². The number of hydrogen-bond acceptors (Lipinski definition) is 5. The van der Waals surface area contributed by atoms with Crippen LogP contribution in [0.1, 0.15) is 67.5 Å². The molecule has 2 atom stereocenters. The van der Waals surface area contributed by atoms with Gasteiger partial charge in [-0.2, -0.15) is 9.78 Å². The fraction of sp³-hybridized carbons (Fsp3) is 0.536. The maximum Gasteiger partial charge on any atom is 0.404 e. The number of carbonyl (C=O) groups is 1. The van der Waals surface area contributed by atoms with E-state index in [1.165, 1.54) is 17.5 Å². The fourth-order valence-corrected chi connectivity index (χ4v) is 8.51. The standard InChI is InChI=1S/C28H33BrN6O3/c1-17-6-4-5-7-22(17)14-33-19(3)25(18(2)31-33)30-24(36)13-27-9-20-8-21(10-27)12-28(11-20,16-27)34-15-23(29)26(32-34)35(37)38/h4-7,15,20-21H,8-14,16H2,1-3H3,(H,30,36). The summed E-state index contributed by atoms with van der Waals surface area (Å²) in [6, 6.07) is 8.28. The fourth-order valence-electron chi connectivity index (χ4n) is 8.09. The average molecular weight is 582 g/mol. The van der Waals surface area contributed by atoms with Gasteiger partial charge in [-0.25, -0.2) is 0 Å². The molecule has 200 valence electrons. The van der Waals surface area contributed by atoms with Gasteiger partial charge in [-0.15, -0.1) is 0 Å². The third-order valence-electron chi connectivity index (χ3n) is 9.22. The Balaban J connectivity index is 1.22. The van der Waals surface area contributed by atoms with Crippen molar-refractivity contribution in [1.82, 2.24) is 19.6 Å². The molecule has 1 amide bonds. The number of amides is 1. The monoisotopic (exact) mass is 580 g/mol. The molecule has 10 heteroatoms. The molecule has 1 aromatic carbocycles. The molecule has 0 saturated heterocycles. The van der Waals surface area contributed by atoms with Crippen LogP contribution in [0.4, 0.5) is 11.5 Å². The van der Waals surface area contributed by atoms with Gasteiger partial charge in [-0.3, -0.25) is 9.48 Å². The first-order valence-electron chi connectivity index (χ1n) is 13.3. The number of aryl methyl sites for hydroxylation is 2. The van der Waals surface area contributed by atoms with Crippen LogP contribution in [0.15, 0.2) is 34.9 Å². The van der Waals surface area contributed by atoms with Crippen LogP contribution < -0.4 is 5.32 Å². The molecule has 0 spiro atoms. The van der Waals surface area contributed by atoms with Crippen molar-refractivity contribution in [1.29, 1.82) is 0 Å². The molecule has 9 nitrogen and oxygen atoms in total. The molecule has 3 aromatic rings.